The summed E-state index contributed by atoms with van der Waals surface area (Å²) in [5, 5.41) is 8.38. The molecule has 1 atom stereocenters. The highest BCUT2D eigenvalue weighted by Gasteiger charge is 2.17. The van der Waals surface area contributed by atoms with Gasteiger partial charge in [0.2, 0.25) is 0 Å². The first-order valence-corrected chi connectivity index (χ1v) is 4.03. The van der Waals surface area contributed by atoms with Gasteiger partial charge in [-0.3, -0.25) is 4.90 Å². The van der Waals surface area contributed by atoms with Crippen LogP contribution in [0, 0.1) is 11.3 Å². The molecule has 1 aliphatic heterocycles. The molecule has 1 unspecified atom stereocenters. The van der Waals surface area contributed by atoms with Crippen LogP contribution in [0.1, 0.15) is 13.3 Å². The molecule has 1 fully saturated rings. The summed E-state index contributed by atoms with van der Waals surface area (Å²) in [6.45, 7) is 5.63. The van der Waals surface area contributed by atoms with Crippen LogP contribution in [-0.4, -0.2) is 37.2 Å². The Balaban J connectivity index is 2.25. The molecule has 0 radical (unpaired) electrons. The fraction of sp³-hybridized carbons (Fsp3) is 0.875. The molecule has 11 heavy (non-hydrogen) atoms. The standard InChI is InChI=1S/C8H14N2O/c1-8-7-11-6-5-10(8)4-2-3-9/h8H,2,4-7H2,1H3. The molecule has 62 valence electrons. The number of nitriles is 1. The van der Waals surface area contributed by atoms with Crippen LogP contribution in [0.5, 0.6) is 0 Å². The third kappa shape index (κ3) is 2.49. The Bertz CT molecular complexity index is 153. The smallest absolute Gasteiger partial charge is 0.0635 e. The van der Waals surface area contributed by atoms with Crippen LogP contribution in [0.15, 0.2) is 0 Å². The Morgan fingerprint density at radius 2 is 2.55 bits per heavy atom. The summed E-state index contributed by atoms with van der Waals surface area (Å²) in [6.07, 6.45) is 0.629. The maximum absolute atomic E-state index is 8.38. The van der Waals surface area contributed by atoms with Gasteiger partial charge in [-0.1, -0.05) is 0 Å². The molecule has 0 saturated carbocycles. The van der Waals surface area contributed by atoms with Gasteiger partial charge in [0.1, 0.15) is 0 Å². The molecule has 0 N–H and O–H groups in total. The van der Waals surface area contributed by atoms with Crippen LogP contribution in [-0.2, 0) is 4.74 Å². The second-order valence-electron chi connectivity index (χ2n) is 2.87. The zero-order valence-corrected chi connectivity index (χ0v) is 6.92. The number of morpholine rings is 1. The van der Waals surface area contributed by atoms with Crippen LogP contribution in [0.3, 0.4) is 0 Å². The van der Waals surface area contributed by atoms with E-state index in [2.05, 4.69) is 17.9 Å². The second kappa shape index (κ2) is 4.32. The van der Waals surface area contributed by atoms with Gasteiger partial charge in [-0.2, -0.15) is 5.26 Å². The highest BCUT2D eigenvalue weighted by Crippen LogP contribution is 2.05. The second-order valence-corrected chi connectivity index (χ2v) is 2.87. The highest BCUT2D eigenvalue weighted by molar-refractivity contribution is 4.76. The van der Waals surface area contributed by atoms with E-state index >= 15 is 0 Å². The predicted octanol–water partition coefficient (Wildman–Crippen LogP) is 0.621. The Hall–Kier alpha value is -0.590. The van der Waals surface area contributed by atoms with Crippen LogP contribution in [0.2, 0.25) is 0 Å². The molecule has 0 aromatic heterocycles. The maximum atomic E-state index is 8.38. The quantitative estimate of drug-likeness (QED) is 0.585. The minimum atomic E-state index is 0.483. The fourth-order valence-corrected chi connectivity index (χ4v) is 1.29. The summed E-state index contributed by atoms with van der Waals surface area (Å²) >= 11 is 0. The van der Waals surface area contributed by atoms with Crippen LogP contribution < -0.4 is 0 Å². The number of nitrogens with zero attached hydrogens (tertiary/aromatic N) is 2. The van der Waals surface area contributed by atoms with Crippen molar-refractivity contribution in [2.45, 2.75) is 19.4 Å². The zero-order chi connectivity index (χ0) is 8.10. The van der Waals surface area contributed by atoms with E-state index in [0.29, 0.717) is 12.5 Å². The average Bonchev–Trinajstić information content (AvgIpc) is 2.03. The molecule has 1 rings (SSSR count). The largest absolute Gasteiger partial charge is 0.379 e. The molecule has 0 amide bonds. The summed E-state index contributed by atoms with van der Waals surface area (Å²) < 4.78 is 5.27. The number of hydrogen-bond acceptors (Lipinski definition) is 3. The van der Waals surface area contributed by atoms with E-state index in [9.17, 15) is 0 Å². The number of hydrogen-bond donors (Lipinski definition) is 0. The molecule has 0 aliphatic carbocycles. The Morgan fingerprint density at radius 1 is 1.73 bits per heavy atom. The van der Waals surface area contributed by atoms with Crippen molar-refractivity contribution in [3.63, 3.8) is 0 Å². The molecule has 0 aromatic carbocycles. The summed E-state index contributed by atoms with van der Waals surface area (Å²) in [5.41, 5.74) is 0. The van der Waals surface area contributed by atoms with Gasteiger partial charge in [0.05, 0.1) is 19.3 Å². The van der Waals surface area contributed by atoms with Gasteiger partial charge >= 0.3 is 0 Å². The SMILES string of the molecule is CC1COCCN1CCC#N. The maximum Gasteiger partial charge on any atom is 0.0635 e. The minimum Gasteiger partial charge on any atom is -0.379 e. The highest BCUT2D eigenvalue weighted by atomic mass is 16.5. The van der Waals surface area contributed by atoms with E-state index in [1.54, 1.807) is 0 Å². The molecule has 0 bridgehead atoms. The van der Waals surface area contributed by atoms with E-state index < -0.39 is 0 Å². The molecule has 0 aromatic rings. The van der Waals surface area contributed by atoms with Gasteiger partial charge in [0.15, 0.2) is 0 Å². The predicted molar refractivity (Wildman–Crippen MR) is 42.1 cm³/mol. The third-order valence-corrected chi connectivity index (χ3v) is 2.02. The van der Waals surface area contributed by atoms with E-state index in [1.807, 2.05) is 0 Å². The molecular weight excluding hydrogens is 140 g/mol. The first kappa shape index (κ1) is 8.51. The first-order chi connectivity index (χ1) is 5.34. The normalized spacial score (nSPS) is 26.4. The van der Waals surface area contributed by atoms with Crippen molar-refractivity contribution in [2.75, 3.05) is 26.3 Å². The summed E-state index contributed by atoms with van der Waals surface area (Å²) in [4.78, 5) is 2.30. The Morgan fingerprint density at radius 3 is 3.18 bits per heavy atom. The fourth-order valence-electron chi connectivity index (χ4n) is 1.29. The van der Waals surface area contributed by atoms with Gasteiger partial charge < -0.3 is 4.74 Å². The molecule has 0 spiro atoms. The lowest BCUT2D eigenvalue weighted by atomic mass is 10.2. The zero-order valence-electron chi connectivity index (χ0n) is 6.92. The lowest BCUT2D eigenvalue weighted by Gasteiger charge is -2.32. The summed E-state index contributed by atoms with van der Waals surface area (Å²) in [7, 11) is 0. The lowest BCUT2D eigenvalue weighted by Crippen LogP contribution is -2.43. The van der Waals surface area contributed by atoms with Crippen molar-refractivity contribution in [1.82, 2.24) is 4.90 Å². The topological polar surface area (TPSA) is 36.3 Å². The van der Waals surface area contributed by atoms with Crippen LogP contribution in [0.25, 0.3) is 0 Å². The molecule has 1 aliphatic rings. The van der Waals surface area contributed by atoms with Crippen molar-refractivity contribution in [1.29, 1.82) is 5.26 Å². The number of rotatable bonds is 2. The Labute approximate surface area is 67.6 Å². The molecule has 3 heteroatoms. The van der Waals surface area contributed by atoms with E-state index in [-0.39, 0.29) is 0 Å². The molecule has 1 saturated heterocycles. The van der Waals surface area contributed by atoms with Crippen LogP contribution in [0.4, 0.5) is 0 Å². The first-order valence-electron chi connectivity index (χ1n) is 4.03. The van der Waals surface area contributed by atoms with E-state index in [4.69, 9.17) is 10.00 Å². The monoisotopic (exact) mass is 154 g/mol. The van der Waals surface area contributed by atoms with Gasteiger partial charge in [0, 0.05) is 25.6 Å². The van der Waals surface area contributed by atoms with Gasteiger partial charge in [-0.05, 0) is 6.92 Å². The van der Waals surface area contributed by atoms with Crippen molar-refractivity contribution in [2.24, 2.45) is 0 Å². The summed E-state index contributed by atoms with van der Waals surface area (Å²) in [6, 6.07) is 2.64. The molecule has 3 nitrogen and oxygen atoms in total. The third-order valence-electron chi connectivity index (χ3n) is 2.02. The van der Waals surface area contributed by atoms with Crippen LogP contribution >= 0.6 is 0 Å². The summed E-state index contributed by atoms with van der Waals surface area (Å²) in [5.74, 6) is 0. The van der Waals surface area contributed by atoms with E-state index in [0.717, 1.165) is 26.3 Å². The van der Waals surface area contributed by atoms with Crippen molar-refractivity contribution < 1.29 is 4.74 Å². The van der Waals surface area contributed by atoms with Gasteiger partial charge in [-0.25, -0.2) is 0 Å². The molecular formula is C8H14N2O. The van der Waals surface area contributed by atoms with Gasteiger partial charge in [0.25, 0.3) is 0 Å². The lowest BCUT2D eigenvalue weighted by molar-refractivity contribution is 0.000848. The van der Waals surface area contributed by atoms with Crippen molar-refractivity contribution in [3.8, 4) is 6.07 Å². The van der Waals surface area contributed by atoms with Gasteiger partial charge in [-0.15, -0.1) is 0 Å². The van der Waals surface area contributed by atoms with Crippen molar-refractivity contribution >= 4 is 0 Å². The average molecular weight is 154 g/mol. The Kier molecular flexibility index (Phi) is 3.34. The molecule has 1 heterocycles. The van der Waals surface area contributed by atoms with Crippen molar-refractivity contribution in [3.05, 3.63) is 0 Å². The number of ether oxygens (including phenoxy) is 1. The minimum absolute atomic E-state index is 0.483. The van der Waals surface area contributed by atoms with E-state index in [1.165, 1.54) is 0 Å².